The Labute approximate surface area is 122 Å². The van der Waals surface area contributed by atoms with Crippen LogP contribution < -0.4 is 0 Å². The zero-order valence-electron chi connectivity index (χ0n) is 10.1. The first-order chi connectivity index (χ1) is 9.21. The van der Waals surface area contributed by atoms with Crippen molar-refractivity contribution in [3.05, 3.63) is 40.9 Å². The molecule has 0 atom stereocenters. The van der Waals surface area contributed by atoms with Crippen LogP contribution in [0.1, 0.15) is 6.42 Å². The second kappa shape index (κ2) is 5.37. The molecule has 2 aromatic rings. The Balaban J connectivity index is 2.50. The number of rotatable bonds is 3. The molecule has 0 radical (unpaired) electrons. The Morgan fingerprint density at radius 1 is 1.00 bits per heavy atom. The van der Waals surface area contributed by atoms with E-state index in [1.54, 1.807) is 24.3 Å². The highest BCUT2D eigenvalue weighted by Crippen LogP contribution is 2.31. The molecule has 0 saturated heterocycles. The maximum absolute atomic E-state index is 12.2. The van der Waals surface area contributed by atoms with Gasteiger partial charge in [-0.05, 0) is 17.5 Å². The van der Waals surface area contributed by atoms with E-state index in [1.165, 1.54) is 12.1 Å². The second-order valence-corrected chi connectivity index (χ2v) is 7.21. The third kappa shape index (κ3) is 3.32. The Morgan fingerprint density at radius 3 is 2.20 bits per heavy atom. The molecular formula is C13H10BrF3O2S. The maximum Gasteiger partial charge on any atom is 0.390 e. The molecule has 0 saturated carbocycles. The minimum Gasteiger partial charge on any atom is -0.224 e. The van der Waals surface area contributed by atoms with Crippen molar-refractivity contribution in [2.75, 3.05) is 5.75 Å². The fourth-order valence-electron chi connectivity index (χ4n) is 1.87. The molecule has 2 rings (SSSR count). The standard InChI is InChI=1S/C13H10BrF3O2S/c14-11-5-6-12(10-4-2-1-3-9(10)11)20(18,19)8-7-13(15,16)17/h1-6H,7-8H2. The lowest BCUT2D eigenvalue weighted by Gasteiger charge is -2.10. The van der Waals surface area contributed by atoms with Crippen LogP contribution in [0, 0.1) is 0 Å². The first-order valence-electron chi connectivity index (χ1n) is 5.67. The second-order valence-electron chi connectivity index (χ2n) is 4.28. The predicted molar refractivity (Wildman–Crippen MR) is 74.4 cm³/mol. The fraction of sp³-hybridized carbons (Fsp3) is 0.231. The molecule has 0 aromatic heterocycles. The summed E-state index contributed by atoms with van der Waals surface area (Å²) in [5, 5.41) is 1.07. The number of fused-ring (bicyclic) bond motifs is 1. The van der Waals surface area contributed by atoms with Gasteiger partial charge in [-0.15, -0.1) is 0 Å². The molecule has 20 heavy (non-hydrogen) atoms. The fourth-order valence-corrected chi connectivity index (χ4v) is 3.85. The number of hydrogen-bond acceptors (Lipinski definition) is 2. The number of hydrogen-bond donors (Lipinski definition) is 0. The van der Waals surface area contributed by atoms with Crippen molar-refractivity contribution in [3.63, 3.8) is 0 Å². The lowest BCUT2D eigenvalue weighted by Crippen LogP contribution is -2.16. The molecule has 0 aliphatic rings. The summed E-state index contributed by atoms with van der Waals surface area (Å²) in [4.78, 5) is -0.0689. The van der Waals surface area contributed by atoms with Crippen molar-refractivity contribution >= 4 is 36.5 Å². The summed E-state index contributed by atoms with van der Waals surface area (Å²) in [5.74, 6) is -0.942. The summed E-state index contributed by atoms with van der Waals surface area (Å²) in [6.07, 6.45) is -5.84. The highest BCUT2D eigenvalue weighted by Gasteiger charge is 2.31. The molecule has 0 aliphatic heterocycles. The summed E-state index contributed by atoms with van der Waals surface area (Å²) in [6.45, 7) is 0. The lowest BCUT2D eigenvalue weighted by molar-refractivity contribution is -0.129. The van der Waals surface area contributed by atoms with Gasteiger partial charge >= 0.3 is 6.18 Å². The van der Waals surface area contributed by atoms with E-state index >= 15 is 0 Å². The van der Waals surface area contributed by atoms with Gasteiger partial charge in [0, 0.05) is 9.86 Å². The molecule has 0 spiro atoms. The number of halogens is 4. The van der Waals surface area contributed by atoms with Crippen molar-refractivity contribution in [2.24, 2.45) is 0 Å². The van der Waals surface area contributed by atoms with E-state index in [0.29, 0.717) is 15.2 Å². The zero-order valence-corrected chi connectivity index (χ0v) is 12.5. The van der Waals surface area contributed by atoms with Gasteiger partial charge in [0.1, 0.15) is 0 Å². The predicted octanol–water partition coefficient (Wildman–Crippen LogP) is 4.33. The van der Waals surface area contributed by atoms with Crippen molar-refractivity contribution < 1.29 is 21.6 Å². The number of alkyl halides is 3. The largest absolute Gasteiger partial charge is 0.390 e. The Hall–Kier alpha value is -1.08. The summed E-state index contributed by atoms with van der Waals surface area (Å²) in [5.41, 5.74) is 0. The van der Waals surface area contributed by atoms with Crippen LogP contribution in [0.4, 0.5) is 13.2 Å². The van der Waals surface area contributed by atoms with Crippen LogP contribution in [0.3, 0.4) is 0 Å². The van der Waals surface area contributed by atoms with Crippen molar-refractivity contribution in [3.8, 4) is 0 Å². The van der Waals surface area contributed by atoms with E-state index in [9.17, 15) is 21.6 Å². The molecular weight excluding hydrogens is 357 g/mol. The molecule has 0 fully saturated rings. The minimum absolute atomic E-state index is 0.0689. The molecule has 0 bridgehead atoms. The van der Waals surface area contributed by atoms with E-state index in [0.717, 1.165) is 0 Å². The first kappa shape index (κ1) is 15.3. The third-order valence-electron chi connectivity index (χ3n) is 2.82. The number of benzene rings is 2. The van der Waals surface area contributed by atoms with Gasteiger partial charge in [0.25, 0.3) is 0 Å². The van der Waals surface area contributed by atoms with Crippen LogP contribution in [0.2, 0.25) is 0 Å². The minimum atomic E-state index is -4.49. The monoisotopic (exact) mass is 366 g/mol. The van der Waals surface area contributed by atoms with E-state index in [-0.39, 0.29) is 4.90 Å². The first-order valence-corrected chi connectivity index (χ1v) is 8.12. The van der Waals surface area contributed by atoms with Gasteiger partial charge in [0.05, 0.1) is 17.1 Å². The highest BCUT2D eigenvalue weighted by molar-refractivity contribution is 9.10. The SMILES string of the molecule is O=S(=O)(CCC(F)(F)F)c1ccc(Br)c2ccccc12. The Morgan fingerprint density at radius 2 is 1.60 bits per heavy atom. The van der Waals surface area contributed by atoms with Crippen LogP contribution in [-0.2, 0) is 9.84 Å². The van der Waals surface area contributed by atoms with Crippen LogP contribution in [0.25, 0.3) is 10.8 Å². The average molecular weight is 367 g/mol. The molecule has 0 heterocycles. The van der Waals surface area contributed by atoms with Crippen LogP contribution >= 0.6 is 15.9 Å². The van der Waals surface area contributed by atoms with Crippen molar-refractivity contribution in [2.45, 2.75) is 17.5 Å². The summed E-state index contributed by atoms with van der Waals surface area (Å²) in [7, 11) is -3.98. The van der Waals surface area contributed by atoms with Crippen LogP contribution in [-0.4, -0.2) is 20.3 Å². The van der Waals surface area contributed by atoms with Gasteiger partial charge < -0.3 is 0 Å². The molecule has 0 aliphatic carbocycles. The number of sulfone groups is 1. The van der Waals surface area contributed by atoms with E-state index in [2.05, 4.69) is 15.9 Å². The van der Waals surface area contributed by atoms with Gasteiger partial charge in [-0.1, -0.05) is 40.2 Å². The normalized spacial score (nSPS) is 12.8. The van der Waals surface area contributed by atoms with E-state index < -0.39 is 28.2 Å². The molecule has 2 nitrogen and oxygen atoms in total. The van der Waals surface area contributed by atoms with Crippen LogP contribution in [0.5, 0.6) is 0 Å². The maximum atomic E-state index is 12.2. The van der Waals surface area contributed by atoms with Crippen molar-refractivity contribution in [1.82, 2.24) is 0 Å². The third-order valence-corrected chi connectivity index (χ3v) is 5.28. The smallest absolute Gasteiger partial charge is 0.224 e. The zero-order chi connectivity index (χ0) is 15.0. The Kier molecular flexibility index (Phi) is 4.11. The molecule has 2 aromatic carbocycles. The molecule has 0 unspecified atom stereocenters. The van der Waals surface area contributed by atoms with E-state index in [1.807, 2.05) is 0 Å². The summed E-state index contributed by atoms with van der Waals surface area (Å²) in [6, 6.07) is 9.54. The summed E-state index contributed by atoms with van der Waals surface area (Å²) < 4.78 is 61.5. The van der Waals surface area contributed by atoms with Gasteiger partial charge in [-0.3, -0.25) is 0 Å². The quantitative estimate of drug-likeness (QED) is 0.810. The molecule has 108 valence electrons. The summed E-state index contributed by atoms with van der Waals surface area (Å²) >= 11 is 3.29. The lowest BCUT2D eigenvalue weighted by atomic mass is 10.1. The van der Waals surface area contributed by atoms with Crippen molar-refractivity contribution in [1.29, 1.82) is 0 Å². The highest BCUT2D eigenvalue weighted by atomic mass is 79.9. The van der Waals surface area contributed by atoms with Gasteiger partial charge in [-0.2, -0.15) is 13.2 Å². The van der Waals surface area contributed by atoms with Crippen LogP contribution in [0.15, 0.2) is 45.8 Å². The van der Waals surface area contributed by atoms with E-state index in [4.69, 9.17) is 0 Å². The van der Waals surface area contributed by atoms with Gasteiger partial charge in [-0.25, -0.2) is 8.42 Å². The topological polar surface area (TPSA) is 34.1 Å². The molecule has 0 N–H and O–H groups in total. The average Bonchev–Trinajstić information content (AvgIpc) is 2.36. The molecule has 7 heteroatoms. The van der Waals surface area contributed by atoms with Gasteiger partial charge in [0.2, 0.25) is 0 Å². The Bertz CT molecular complexity index is 739. The van der Waals surface area contributed by atoms with Gasteiger partial charge in [0.15, 0.2) is 9.84 Å². The molecule has 0 amide bonds.